The predicted molar refractivity (Wildman–Crippen MR) is 94.6 cm³/mol. The van der Waals surface area contributed by atoms with Gasteiger partial charge in [-0.15, -0.1) is 0 Å². The minimum Gasteiger partial charge on any atom is -0.352 e. The van der Waals surface area contributed by atoms with Crippen LogP contribution in [0.5, 0.6) is 0 Å². The lowest BCUT2D eigenvalue weighted by molar-refractivity contribution is -0.134. The van der Waals surface area contributed by atoms with Crippen LogP contribution < -0.4 is 16.4 Å². The van der Waals surface area contributed by atoms with Crippen molar-refractivity contribution in [3.8, 4) is 0 Å². The fraction of sp³-hybridized carbons (Fsp3) is 0.824. The van der Waals surface area contributed by atoms with Crippen molar-refractivity contribution >= 4 is 17.7 Å². The number of nitrogens with one attached hydrogen (secondary N) is 2. The Kier molecular flexibility index (Phi) is 7.64. The molecule has 1 saturated heterocycles. The van der Waals surface area contributed by atoms with Crippen molar-refractivity contribution in [2.75, 3.05) is 45.8 Å². The molecular formula is C17H31N5O3. The van der Waals surface area contributed by atoms with E-state index in [0.717, 1.165) is 18.8 Å². The highest BCUT2D eigenvalue weighted by atomic mass is 16.2. The molecule has 8 nitrogen and oxygen atoms in total. The summed E-state index contributed by atoms with van der Waals surface area (Å²) in [6, 6.07) is 0.317. The Balaban J connectivity index is 1.63. The van der Waals surface area contributed by atoms with Crippen molar-refractivity contribution in [1.82, 2.24) is 20.4 Å². The molecule has 4 N–H and O–H groups in total. The molecule has 0 atom stereocenters. The zero-order valence-electron chi connectivity index (χ0n) is 15.1. The van der Waals surface area contributed by atoms with Crippen LogP contribution in [0.2, 0.25) is 0 Å². The lowest BCUT2D eigenvalue weighted by Gasteiger charge is -2.35. The Hall–Kier alpha value is -1.67. The van der Waals surface area contributed by atoms with Gasteiger partial charge in [0.15, 0.2) is 0 Å². The molecule has 2 aliphatic rings. The third-order valence-corrected chi connectivity index (χ3v) is 5.10. The summed E-state index contributed by atoms with van der Waals surface area (Å²) in [6.45, 7) is 5.01. The molecule has 0 spiro atoms. The number of carbonyl (C=O) groups is 3. The molecule has 142 valence electrons. The molecule has 0 aromatic carbocycles. The average Bonchev–Trinajstić information content (AvgIpc) is 2.62. The topological polar surface area (TPSA) is 108 Å². The van der Waals surface area contributed by atoms with Crippen molar-refractivity contribution in [2.24, 2.45) is 11.7 Å². The molecule has 1 heterocycles. The molecule has 0 aromatic rings. The molecular weight excluding hydrogens is 322 g/mol. The van der Waals surface area contributed by atoms with Gasteiger partial charge < -0.3 is 21.3 Å². The van der Waals surface area contributed by atoms with Gasteiger partial charge in [0.05, 0.1) is 19.6 Å². The summed E-state index contributed by atoms with van der Waals surface area (Å²) < 4.78 is 0. The van der Waals surface area contributed by atoms with Crippen molar-refractivity contribution in [3.05, 3.63) is 0 Å². The van der Waals surface area contributed by atoms with Crippen molar-refractivity contribution in [3.63, 3.8) is 0 Å². The van der Waals surface area contributed by atoms with E-state index >= 15 is 0 Å². The third-order valence-electron chi connectivity index (χ3n) is 5.10. The molecule has 2 fully saturated rings. The Bertz CT molecular complexity index is 469. The van der Waals surface area contributed by atoms with E-state index in [1.165, 1.54) is 12.8 Å². The molecule has 1 saturated carbocycles. The van der Waals surface area contributed by atoms with E-state index in [9.17, 15) is 14.4 Å². The standard InChI is InChI=1S/C17H31N5O3/c1-13-2-4-14(5-3-13)20-16(24)12-21-6-8-22(9-7-21)17(25)11-19-15(23)10-18/h13-14H,2-12,18H2,1H3,(H,19,23)(H,20,24). The number of carbonyl (C=O) groups excluding carboxylic acids is 3. The second kappa shape index (κ2) is 9.72. The summed E-state index contributed by atoms with van der Waals surface area (Å²) in [7, 11) is 0. The largest absolute Gasteiger partial charge is 0.352 e. The highest BCUT2D eigenvalue weighted by molar-refractivity contribution is 5.85. The molecule has 0 bridgehead atoms. The first-order chi connectivity index (χ1) is 12.0. The molecule has 0 radical (unpaired) electrons. The maximum absolute atomic E-state index is 12.2. The number of nitrogens with two attached hydrogens (primary N) is 1. The first kappa shape index (κ1) is 19.7. The first-order valence-corrected chi connectivity index (χ1v) is 9.24. The van der Waals surface area contributed by atoms with Crippen molar-refractivity contribution in [1.29, 1.82) is 0 Å². The number of amides is 3. The number of hydrogen-bond acceptors (Lipinski definition) is 5. The number of rotatable bonds is 6. The van der Waals surface area contributed by atoms with Gasteiger partial charge in [0, 0.05) is 32.2 Å². The van der Waals surface area contributed by atoms with Gasteiger partial charge in [-0.25, -0.2) is 0 Å². The Labute approximate surface area is 149 Å². The minimum absolute atomic E-state index is 0.0172. The van der Waals surface area contributed by atoms with Crippen LogP contribution in [0, 0.1) is 5.92 Å². The smallest absolute Gasteiger partial charge is 0.242 e. The maximum atomic E-state index is 12.2. The van der Waals surface area contributed by atoms with E-state index in [1.807, 2.05) is 0 Å². The summed E-state index contributed by atoms with van der Waals surface area (Å²) >= 11 is 0. The second-order valence-electron chi connectivity index (χ2n) is 7.16. The lowest BCUT2D eigenvalue weighted by Crippen LogP contribution is -2.53. The van der Waals surface area contributed by atoms with Crippen molar-refractivity contribution in [2.45, 2.75) is 38.6 Å². The van der Waals surface area contributed by atoms with Crippen LogP contribution in [-0.4, -0.2) is 79.4 Å². The van der Waals surface area contributed by atoms with Crippen LogP contribution in [-0.2, 0) is 14.4 Å². The molecule has 2 rings (SSSR count). The van der Waals surface area contributed by atoms with Gasteiger partial charge >= 0.3 is 0 Å². The molecule has 3 amide bonds. The van der Waals surface area contributed by atoms with Crippen LogP contribution in [0.15, 0.2) is 0 Å². The van der Waals surface area contributed by atoms with E-state index in [2.05, 4.69) is 22.5 Å². The summed E-state index contributed by atoms with van der Waals surface area (Å²) in [6.07, 6.45) is 4.52. The van der Waals surface area contributed by atoms with Crippen LogP contribution in [0.1, 0.15) is 32.6 Å². The van der Waals surface area contributed by atoms with Crippen LogP contribution in [0.25, 0.3) is 0 Å². The van der Waals surface area contributed by atoms with E-state index in [0.29, 0.717) is 38.8 Å². The molecule has 0 unspecified atom stereocenters. The van der Waals surface area contributed by atoms with Gasteiger partial charge in [-0.2, -0.15) is 0 Å². The highest BCUT2D eigenvalue weighted by Gasteiger charge is 2.24. The highest BCUT2D eigenvalue weighted by Crippen LogP contribution is 2.23. The first-order valence-electron chi connectivity index (χ1n) is 9.24. The van der Waals surface area contributed by atoms with E-state index in [4.69, 9.17) is 5.73 Å². The van der Waals surface area contributed by atoms with Gasteiger partial charge in [0.25, 0.3) is 0 Å². The Morgan fingerprint density at radius 2 is 1.64 bits per heavy atom. The second-order valence-corrected chi connectivity index (χ2v) is 7.16. The maximum Gasteiger partial charge on any atom is 0.242 e. The zero-order valence-corrected chi connectivity index (χ0v) is 15.1. The molecule has 1 aliphatic carbocycles. The summed E-state index contributed by atoms with van der Waals surface area (Å²) in [5, 5.41) is 5.63. The SMILES string of the molecule is CC1CCC(NC(=O)CN2CCN(C(=O)CNC(=O)CN)CC2)CC1. The summed E-state index contributed by atoms with van der Waals surface area (Å²) in [5.41, 5.74) is 5.19. The fourth-order valence-corrected chi connectivity index (χ4v) is 3.39. The zero-order chi connectivity index (χ0) is 18.2. The van der Waals surface area contributed by atoms with Crippen LogP contribution >= 0.6 is 0 Å². The molecule has 0 aromatic heterocycles. The quantitative estimate of drug-likeness (QED) is 0.562. The average molecular weight is 353 g/mol. The van der Waals surface area contributed by atoms with Gasteiger partial charge in [-0.3, -0.25) is 19.3 Å². The monoisotopic (exact) mass is 353 g/mol. The molecule has 1 aliphatic heterocycles. The van der Waals surface area contributed by atoms with Gasteiger partial charge in [0.2, 0.25) is 17.7 Å². The van der Waals surface area contributed by atoms with Gasteiger partial charge in [-0.05, 0) is 31.6 Å². The minimum atomic E-state index is -0.333. The predicted octanol–water partition coefficient (Wildman–Crippen LogP) is -1.10. The van der Waals surface area contributed by atoms with Crippen molar-refractivity contribution < 1.29 is 14.4 Å². The van der Waals surface area contributed by atoms with Gasteiger partial charge in [-0.1, -0.05) is 6.92 Å². The third kappa shape index (κ3) is 6.62. The Morgan fingerprint density at radius 1 is 1.00 bits per heavy atom. The number of piperazine rings is 1. The molecule has 25 heavy (non-hydrogen) atoms. The number of nitrogens with zero attached hydrogens (tertiary/aromatic N) is 2. The normalized spacial score (nSPS) is 24.6. The lowest BCUT2D eigenvalue weighted by atomic mass is 9.87. The Morgan fingerprint density at radius 3 is 2.24 bits per heavy atom. The molecule has 8 heteroatoms. The fourth-order valence-electron chi connectivity index (χ4n) is 3.39. The van der Waals surface area contributed by atoms with Crippen LogP contribution in [0.4, 0.5) is 0 Å². The van der Waals surface area contributed by atoms with E-state index in [-0.39, 0.29) is 30.8 Å². The van der Waals surface area contributed by atoms with Crippen LogP contribution in [0.3, 0.4) is 0 Å². The van der Waals surface area contributed by atoms with E-state index in [1.54, 1.807) is 4.90 Å². The van der Waals surface area contributed by atoms with Gasteiger partial charge in [0.1, 0.15) is 0 Å². The summed E-state index contributed by atoms with van der Waals surface area (Å²) in [4.78, 5) is 39.1. The number of hydrogen-bond donors (Lipinski definition) is 3. The van der Waals surface area contributed by atoms with E-state index < -0.39 is 0 Å². The summed E-state index contributed by atoms with van der Waals surface area (Å²) in [5.74, 6) is 0.408.